The number of anilines is 2. The molecular weight excluding hydrogens is 456 g/mol. The summed E-state index contributed by atoms with van der Waals surface area (Å²) in [6, 6.07) is 19.4. The molecule has 0 spiro atoms. The number of carbonyl (C=O) groups excluding carboxylic acids is 3. The van der Waals surface area contributed by atoms with E-state index in [2.05, 4.69) is 5.32 Å². The smallest absolute Gasteiger partial charge is 0.407 e. The van der Waals surface area contributed by atoms with Crippen LogP contribution in [0.2, 0.25) is 0 Å². The number of amides is 2. The minimum Gasteiger partial charge on any atom is -0.462 e. The molecule has 3 fully saturated rings. The molecule has 2 aromatic carbocycles. The van der Waals surface area contributed by atoms with Crippen molar-refractivity contribution < 1.29 is 23.9 Å². The van der Waals surface area contributed by atoms with Gasteiger partial charge in [-0.25, -0.2) is 4.79 Å². The number of carbonyl (C=O) groups is 3. The zero-order chi connectivity index (χ0) is 25.2. The van der Waals surface area contributed by atoms with Crippen LogP contribution in [0.4, 0.5) is 16.2 Å². The third-order valence-electron chi connectivity index (χ3n) is 8.22. The number of cyclic esters (lactones) is 1. The maximum absolute atomic E-state index is 14.6. The Hall–Kier alpha value is -3.35. The topological polar surface area (TPSA) is 84.9 Å². The molecule has 0 unspecified atom stereocenters. The molecule has 0 bridgehead atoms. The first-order valence-electron chi connectivity index (χ1n) is 13.1. The lowest BCUT2D eigenvalue weighted by Crippen LogP contribution is -2.53. The van der Waals surface area contributed by atoms with Gasteiger partial charge in [0.15, 0.2) is 0 Å². The lowest BCUT2D eigenvalue weighted by atomic mass is 9.56. The Labute approximate surface area is 212 Å². The number of hydrogen-bond acceptors (Lipinski definition) is 5. The van der Waals surface area contributed by atoms with Crippen LogP contribution in [0.25, 0.3) is 0 Å². The molecule has 36 heavy (non-hydrogen) atoms. The second-order valence-corrected chi connectivity index (χ2v) is 10.2. The quantitative estimate of drug-likeness (QED) is 0.591. The second kappa shape index (κ2) is 10.3. The van der Waals surface area contributed by atoms with Gasteiger partial charge in [-0.05, 0) is 75.6 Å². The summed E-state index contributed by atoms with van der Waals surface area (Å²) in [4.78, 5) is 41.3. The van der Waals surface area contributed by atoms with Crippen molar-refractivity contribution in [2.24, 2.45) is 29.6 Å². The van der Waals surface area contributed by atoms with Crippen LogP contribution in [0.1, 0.15) is 39.5 Å². The van der Waals surface area contributed by atoms with Crippen LogP contribution in [0.15, 0.2) is 60.7 Å². The SMILES string of the molecule is CCOC(=O)N[C@H]1CC[C@@H]2[C@@H](C1)C[C@H]1C(=O)O[C@H](C)[C@H]1[C@H]2C(=O)N(c1ccccc1)c1ccccc1. The number of alkyl carbamates (subject to hydrolysis) is 1. The summed E-state index contributed by atoms with van der Waals surface area (Å²) in [7, 11) is 0. The molecule has 1 aliphatic heterocycles. The molecule has 2 amide bonds. The summed E-state index contributed by atoms with van der Waals surface area (Å²) in [6.45, 7) is 4.03. The summed E-state index contributed by atoms with van der Waals surface area (Å²) >= 11 is 0. The fraction of sp³-hybridized carbons (Fsp3) is 0.483. The van der Waals surface area contributed by atoms with Crippen LogP contribution >= 0.6 is 0 Å². The van der Waals surface area contributed by atoms with Crippen LogP contribution in [-0.2, 0) is 19.1 Å². The number of esters is 1. The van der Waals surface area contributed by atoms with E-state index in [1.807, 2.05) is 72.5 Å². The third-order valence-corrected chi connectivity index (χ3v) is 8.22. The number of benzene rings is 2. The zero-order valence-corrected chi connectivity index (χ0v) is 20.8. The van der Waals surface area contributed by atoms with Crippen molar-refractivity contribution in [2.45, 2.75) is 51.7 Å². The Morgan fingerprint density at radius 1 is 1.00 bits per heavy atom. The van der Waals surface area contributed by atoms with E-state index in [-0.39, 0.29) is 53.6 Å². The van der Waals surface area contributed by atoms with Gasteiger partial charge in [-0.15, -0.1) is 0 Å². The van der Waals surface area contributed by atoms with Gasteiger partial charge in [0, 0.05) is 29.3 Å². The van der Waals surface area contributed by atoms with E-state index in [1.165, 1.54) is 0 Å². The average Bonchev–Trinajstić information content (AvgIpc) is 3.16. The Kier molecular flexibility index (Phi) is 6.99. The molecule has 2 saturated carbocycles. The molecule has 3 aliphatic rings. The van der Waals surface area contributed by atoms with Gasteiger partial charge in [0.1, 0.15) is 6.10 Å². The Bertz CT molecular complexity index is 1050. The largest absolute Gasteiger partial charge is 0.462 e. The highest BCUT2D eigenvalue weighted by molar-refractivity contribution is 6.02. The number of nitrogens with one attached hydrogen (secondary N) is 1. The number of rotatable bonds is 5. The highest BCUT2D eigenvalue weighted by Gasteiger charge is 2.58. The van der Waals surface area contributed by atoms with Crippen molar-refractivity contribution >= 4 is 29.3 Å². The number of fused-ring (bicyclic) bond motifs is 2. The number of nitrogens with zero attached hydrogens (tertiary/aromatic N) is 1. The van der Waals surface area contributed by atoms with E-state index in [1.54, 1.807) is 6.92 Å². The summed E-state index contributed by atoms with van der Waals surface area (Å²) in [5.74, 6) is -0.730. The van der Waals surface area contributed by atoms with Gasteiger partial charge in [-0.3, -0.25) is 14.5 Å². The first-order chi connectivity index (χ1) is 17.5. The molecule has 1 N–H and O–H groups in total. The number of ether oxygens (including phenoxy) is 2. The predicted octanol–water partition coefficient (Wildman–Crippen LogP) is 5.08. The van der Waals surface area contributed by atoms with Crippen LogP contribution in [0.5, 0.6) is 0 Å². The normalized spacial score (nSPS) is 30.9. The van der Waals surface area contributed by atoms with Crippen molar-refractivity contribution in [3.8, 4) is 0 Å². The van der Waals surface area contributed by atoms with Crippen molar-refractivity contribution in [2.75, 3.05) is 11.5 Å². The minimum absolute atomic E-state index is 0.0130. The predicted molar refractivity (Wildman–Crippen MR) is 135 cm³/mol. The molecule has 190 valence electrons. The summed E-state index contributed by atoms with van der Waals surface area (Å²) in [5, 5.41) is 2.98. The third kappa shape index (κ3) is 4.59. The molecule has 1 heterocycles. The highest BCUT2D eigenvalue weighted by atomic mass is 16.6. The van der Waals surface area contributed by atoms with E-state index in [0.717, 1.165) is 30.6 Å². The minimum atomic E-state index is -0.407. The molecular formula is C29H34N2O5. The lowest BCUT2D eigenvalue weighted by Gasteiger charge is -2.48. The first-order valence-corrected chi connectivity index (χ1v) is 13.1. The lowest BCUT2D eigenvalue weighted by molar-refractivity contribution is -0.144. The summed E-state index contributed by atoms with van der Waals surface area (Å²) in [6.07, 6.45) is 2.30. The molecule has 5 rings (SSSR count). The van der Waals surface area contributed by atoms with E-state index in [9.17, 15) is 14.4 Å². The summed E-state index contributed by atoms with van der Waals surface area (Å²) < 4.78 is 10.8. The van der Waals surface area contributed by atoms with Crippen molar-refractivity contribution in [3.05, 3.63) is 60.7 Å². The van der Waals surface area contributed by atoms with Crippen molar-refractivity contribution in [1.29, 1.82) is 0 Å². The monoisotopic (exact) mass is 490 g/mol. The summed E-state index contributed by atoms with van der Waals surface area (Å²) in [5.41, 5.74) is 1.62. The maximum atomic E-state index is 14.6. The number of hydrogen-bond donors (Lipinski definition) is 1. The molecule has 7 atom stereocenters. The van der Waals surface area contributed by atoms with Crippen LogP contribution in [0.3, 0.4) is 0 Å². The second-order valence-electron chi connectivity index (χ2n) is 10.2. The van der Waals surface area contributed by atoms with E-state index in [4.69, 9.17) is 9.47 Å². The standard InChI is InChI=1S/C29H34N2O5/c1-3-35-29(34)30-20-14-15-23-19(16-20)17-24-25(18(2)36-28(24)33)26(23)27(32)31(21-10-6-4-7-11-21)22-12-8-5-9-13-22/h4-13,18-20,23-26H,3,14-17H2,1-2H3,(H,30,34)/t18-,19+,20+,23-,24-,25-,26+/m1/s1. The van der Waals surface area contributed by atoms with Crippen LogP contribution < -0.4 is 10.2 Å². The van der Waals surface area contributed by atoms with Gasteiger partial charge < -0.3 is 14.8 Å². The molecule has 7 nitrogen and oxygen atoms in total. The Morgan fingerprint density at radius 3 is 2.25 bits per heavy atom. The van der Waals surface area contributed by atoms with E-state index in [0.29, 0.717) is 13.0 Å². The first kappa shape index (κ1) is 24.3. The van der Waals surface area contributed by atoms with Gasteiger partial charge in [-0.2, -0.15) is 0 Å². The van der Waals surface area contributed by atoms with Gasteiger partial charge in [0.2, 0.25) is 5.91 Å². The Morgan fingerprint density at radius 2 is 1.64 bits per heavy atom. The van der Waals surface area contributed by atoms with Crippen LogP contribution in [-0.4, -0.2) is 36.7 Å². The number of para-hydroxylation sites is 2. The van der Waals surface area contributed by atoms with Gasteiger partial charge >= 0.3 is 12.1 Å². The molecule has 0 aromatic heterocycles. The van der Waals surface area contributed by atoms with Gasteiger partial charge in [0.25, 0.3) is 0 Å². The van der Waals surface area contributed by atoms with E-state index < -0.39 is 6.09 Å². The highest BCUT2D eigenvalue weighted by Crippen LogP contribution is 2.54. The molecule has 2 aromatic rings. The fourth-order valence-corrected chi connectivity index (χ4v) is 6.80. The molecule has 0 radical (unpaired) electrons. The molecule has 7 heteroatoms. The maximum Gasteiger partial charge on any atom is 0.407 e. The fourth-order valence-electron chi connectivity index (χ4n) is 6.80. The molecule has 2 aliphatic carbocycles. The van der Waals surface area contributed by atoms with Crippen LogP contribution in [0, 0.1) is 29.6 Å². The van der Waals surface area contributed by atoms with E-state index >= 15 is 0 Å². The Balaban J connectivity index is 1.49. The average molecular weight is 491 g/mol. The molecule has 1 saturated heterocycles. The zero-order valence-electron chi connectivity index (χ0n) is 20.8. The van der Waals surface area contributed by atoms with Crippen molar-refractivity contribution in [3.63, 3.8) is 0 Å². The van der Waals surface area contributed by atoms with Gasteiger partial charge in [-0.1, -0.05) is 36.4 Å². The van der Waals surface area contributed by atoms with Gasteiger partial charge in [0.05, 0.1) is 12.5 Å². The van der Waals surface area contributed by atoms with Crippen molar-refractivity contribution in [1.82, 2.24) is 5.32 Å².